The molecular formula is C10H14N2O. The summed E-state index contributed by atoms with van der Waals surface area (Å²) in [7, 11) is 1.91. The number of aryl methyl sites for hydroxylation is 2. The molecule has 0 saturated carbocycles. The third-order valence-electron chi connectivity index (χ3n) is 2.85. The van der Waals surface area contributed by atoms with Gasteiger partial charge >= 0.3 is 0 Å². The van der Waals surface area contributed by atoms with Crippen molar-refractivity contribution in [2.45, 2.75) is 26.7 Å². The highest BCUT2D eigenvalue weighted by atomic mass is 16.1. The quantitative estimate of drug-likeness (QED) is 0.603. The summed E-state index contributed by atoms with van der Waals surface area (Å²) in [5, 5.41) is 4.27. The molecule has 1 aromatic rings. The third-order valence-corrected chi connectivity index (χ3v) is 2.85. The zero-order valence-corrected chi connectivity index (χ0v) is 8.29. The van der Waals surface area contributed by atoms with Gasteiger partial charge in [0.2, 0.25) is 0 Å². The molecule has 0 aromatic carbocycles. The molecule has 0 amide bonds. The van der Waals surface area contributed by atoms with Crippen molar-refractivity contribution in [2.24, 2.45) is 13.0 Å². The molecule has 3 heteroatoms. The Labute approximate surface area is 77.7 Å². The van der Waals surface area contributed by atoms with Crippen LogP contribution in [0.25, 0.3) is 0 Å². The number of rotatable bonds is 0. The van der Waals surface area contributed by atoms with E-state index in [-0.39, 0.29) is 11.7 Å². The van der Waals surface area contributed by atoms with Crippen LogP contribution in [0.5, 0.6) is 0 Å². The van der Waals surface area contributed by atoms with Crippen molar-refractivity contribution in [1.29, 1.82) is 0 Å². The van der Waals surface area contributed by atoms with Crippen molar-refractivity contribution in [1.82, 2.24) is 9.78 Å². The summed E-state index contributed by atoms with van der Waals surface area (Å²) in [6.07, 6.45) is 1.95. The Balaban J connectivity index is 2.59. The van der Waals surface area contributed by atoms with Crippen LogP contribution in [0.1, 0.15) is 35.1 Å². The van der Waals surface area contributed by atoms with E-state index in [2.05, 4.69) is 5.10 Å². The largest absolute Gasteiger partial charge is 0.294 e. The van der Waals surface area contributed by atoms with Gasteiger partial charge in [-0.15, -0.1) is 0 Å². The molecule has 1 aliphatic carbocycles. The van der Waals surface area contributed by atoms with E-state index in [0.29, 0.717) is 0 Å². The number of aromatic nitrogens is 2. The second-order valence-electron chi connectivity index (χ2n) is 3.83. The summed E-state index contributed by atoms with van der Waals surface area (Å²) in [4.78, 5) is 11.8. The van der Waals surface area contributed by atoms with Gasteiger partial charge in [0.1, 0.15) is 0 Å². The van der Waals surface area contributed by atoms with Crippen molar-refractivity contribution in [3.05, 3.63) is 17.0 Å². The van der Waals surface area contributed by atoms with Gasteiger partial charge in [0.15, 0.2) is 5.78 Å². The molecule has 13 heavy (non-hydrogen) atoms. The van der Waals surface area contributed by atoms with Gasteiger partial charge in [0, 0.05) is 18.7 Å². The lowest BCUT2D eigenvalue weighted by Crippen LogP contribution is -2.20. The van der Waals surface area contributed by atoms with Crippen LogP contribution in [0, 0.1) is 12.8 Å². The predicted octanol–water partition coefficient (Wildman–Crippen LogP) is 1.49. The lowest BCUT2D eigenvalue weighted by atomic mass is 9.86. The van der Waals surface area contributed by atoms with E-state index in [1.165, 1.54) is 0 Å². The number of ketones is 1. The molecule has 0 fully saturated rings. The standard InChI is InChI=1S/C10H14N2O/c1-6-4-5-8-9(10(6)13)7(2)11-12(8)3/h6H,4-5H2,1-3H3. The minimum absolute atomic E-state index is 0.176. The average Bonchev–Trinajstić information content (AvgIpc) is 2.35. The summed E-state index contributed by atoms with van der Waals surface area (Å²) >= 11 is 0. The lowest BCUT2D eigenvalue weighted by molar-refractivity contribution is 0.0912. The first-order chi connectivity index (χ1) is 6.11. The monoisotopic (exact) mass is 178 g/mol. The SMILES string of the molecule is Cc1nn(C)c2c1C(=O)C(C)CC2. The second kappa shape index (κ2) is 2.69. The van der Waals surface area contributed by atoms with Crippen molar-refractivity contribution in [3.8, 4) is 0 Å². The normalized spacial score (nSPS) is 21.8. The van der Waals surface area contributed by atoms with E-state index in [4.69, 9.17) is 0 Å². The van der Waals surface area contributed by atoms with Crippen LogP contribution >= 0.6 is 0 Å². The highest BCUT2D eigenvalue weighted by molar-refractivity contribution is 6.00. The highest BCUT2D eigenvalue weighted by Crippen LogP contribution is 2.26. The smallest absolute Gasteiger partial charge is 0.169 e. The van der Waals surface area contributed by atoms with Gasteiger partial charge in [-0.1, -0.05) is 6.92 Å². The van der Waals surface area contributed by atoms with Crippen LogP contribution in [-0.4, -0.2) is 15.6 Å². The molecule has 2 rings (SSSR count). The molecule has 70 valence electrons. The van der Waals surface area contributed by atoms with Gasteiger partial charge in [0.25, 0.3) is 0 Å². The van der Waals surface area contributed by atoms with Gasteiger partial charge < -0.3 is 0 Å². The maximum absolute atomic E-state index is 11.8. The van der Waals surface area contributed by atoms with Crippen LogP contribution in [0.15, 0.2) is 0 Å². The van der Waals surface area contributed by atoms with E-state index < -0.39 is 0 Å². The summed E-state index contributed by atoms with van der Waals surface area (Å²) in [5.74, 6) is 0.447. The molecule has 0 bridgehead atoms. The summed E-state index contributed by atoms with van der Waals surface area (Å²) in [6.45, 7) is 3.91. The number of carbonyl (C=O) groups excluding carboxylic acids is 1. The van der Waals surface area contributed by atoms with E-state index in [0.717, 1.165) is 29.8 Å². The van der Waals surface area contributed by atoms with Gasteiger partial charge in [-0.2, -0.15) is 5.10 Å². The fourth-order valence-corrected chi connectivity index (χ4v) is 2.04. The molecule has 0 saturated heterocycles. The number of hydrogen-bond acceptors (Lipinski definition) is 2. The van der Waals surface area contributed by atoms with E-state index in [1.54, 1.807) is 0 Å². The Bertz CT molecular complexity index is 365. The second-order valence-corrected chi connectivity index (χ2v) is 3.83. The predicted molar refractivity (Wildman–Crippen MR) is 49.8 cm³/mol. The minimum Gasteiger partial charge on any atom is -0.294 e. The third kappa shape index (κ3) is 1.10. The Hall–Kier alpha value is -1.12. The van der Waals surface area contributed by atoms with E-state index >= 15 is 0 Å². The maximum atomic E-state index is 11.8. The lowest BCUT2D eigenvalue weighted by Gasteiger charge is -2.17. The first kappa shape index (κ1) is 8.48. The molecule has 1 heterocycles. The van der Waals surface area contributed by atoms with E-state index in [1.807, 2.05) is 25.6 Å². The van der Waals surface area contributed by atoms with Crippen molar-refractivity contribution < 1.29 is 4.79 Å². The van der Waals surface area contributed by atoms with Gasteiger partial charge in [0.05, 0.1) is 11.3 Å². The molecule has 1 atom stereocenters. The van der Waals surface area contributed by atoms with Crippen molar-refractivity contribution >= 4 is 5.78 Å². The molecule has 1 aromatic heterocycles. The van der Waals surface area contributed by atoms with Crippen LogP contribution in [0.4, 0.5) is 0 Å². The number of fused-ring (bicyclic) bond motifs is 1. The van der Waals surface area contributed by atoms with Gasteiger partial charge in [-0.05, 0) is 19.8 Å². The molecule has 1 unspecified atom stereocenters. The summed E-state index contributed by atoms with van der Waals surface area (Å²) in [6, 6.07) is 0. The Morgan fingerprint density at radius 1 is 1.54 bits per heavy atom. The highest BCUT2D eigenvalue weighted by Gasteiger charge is 2.28. The maximum Gasteiger partial charge on any atom is 0.169 e. The number of hydrogen-bond donors (Lipinski definition) is 0. The van der Waals surface area contributed by atoms with Gasteiger partial charge in [-0.25, -0.2) is 0 Å². The Morgan fingerprint density at radius 2 is 2.23 bits per heavy atom. The molecule has 0 aliphatic heterocycles. The Kier molecular flexibility index (Phi) is 1.75. The fourth-order valence-electron chi connectivity index (χ4n) is 2.04. The first-order valence-corrected chi connectivity index (χ1v) is 4.68. The number of nitrogens with zero attached hydrogens (tertiary/aromatic N) is 2. The van der Waals surface area contributed by atoms with Crippen molar-refractivity contribution in [2.75, 3.05) is 0 Å². The zero-order chi connectivity index (χ0) is 9.59. The van der Waals surface area contributed by atoms with Crippen LogP contribution in [-0.2, 0) is 13.5 Å². The van der Waals surface area contributed by atoms with Crippen LogP contribution < -0.4 is 0 Å². The summed E-state index contributed by atoms with van der Waals surface area (Å²) < 4.78 is 1.84. The molecule has 0 N–H and O–H groups in total. The molecule has 1 aliphatic rings. The minimum atomic E-state index is 0.176. The van der Waals surface area contributed by atoms with Crippen LogP contribution in [0.3, 0.4) is 0 Å². The summed E-state index contributed by atoms with van der Waals surface area (Å²) in [5.41, 5.74) is 2.87. The molecular weight excluding hydrogens is 164 g/mol. The topological polar surface area (TPSA) is 34.9 Å². The van der Waals surface area contributed by atoms with Crippen LogP contribution in [0.2, 0.25) is 0 Å². The molecule has 3 nitrogen and oxygen atoms in total. The number of Topliss-reactive ketones (excluding diaryl/α,β-unsaturated/α-hetero) is 1. The van der Waals surface area contributed by atoms with Crippen molar-refractivity contribution in [3.63, 3.8) is 0 Å². The number of carbonyl (C=O) groups is 1. The average molecular weight is 178 g/mol. The fraction of sp³-hybridized carbons (Fsp3) is 0.600. The molecule has 0 spiro atoms. The van der Waals surface area contributed by atoms with E-state index in [9.17, 15) is 4.79 Å². The first-order valence-electron chi connectivity index (χ1n) is 4.68. The zero-order valence-electron chi connectivity index (χ0n) is 8.29. The molecule has 0 radical (unpaired) electrons. The Morgan fingerprint density at radius 3 is 2.92 bits per heavy atom. The van der Waals surface area contributed by atoms with Gasteiger partial charge in [-0.3, -0.25) is 9.48 Å².